The first-order chi connectivity index (χ1) is 9.70. The first kappa shape index (κ1) is 14.2. The maximum absolute atomic E-state index is 11.8. The number of carbonyl (C=O) groups is 1. The quantitative estimate of drug-likeness (QED) is 0.627. The Labute approximate surface area is 121 Å². The molecule has 6 heteroatoms. The van der Waals surface area contributed by atoms with Gasteiger partial charge in [0, 0.05) is 18.8 Å². The molecule has 5 nitrogen and oxygen atoms in total. The number of allylic oxidation sites excluding steroid dienone is 3. The summed E-state index contributed by atoms with van der Waals surface area (Å²) in [6.07, 6.45) is 12.5. The fourth-order valence-electron chi connectivity index (χ4n) is 1.47. The summed E-state index contributed by atoms with van der Waals surface area (Å²) in [5.41, 5.74) is 0.893. The Morgan fingerprint density at radius 1 is 1.45 bits per heavy atom. The van der Waals surface area contributed by atoms with Gasteiger partial charge >= 0.3 is 5.97 Å². The van der Waals surface area contributed by atoms with Crippen molar-refractivity contribution < 1.29 is 9.53 Å². The largest absolute Gasteiger partial charge is 0.457 e. The predicted molar refractivity (Wildman–Crippen MR) is 78.6 cm³/mol. The Morgan fingerprint density at radius 3 is 3.00 bits per heavy atom. The van der Waals surface area contributed by atoms with E-state index in [0.717, 1.165) is 10.6 Å². The standard InChI is InChI=1S/C14H15N3O2S/c1-3-4-5-6-7-19-14(18)12-9-15-13(20-12)11-8-16-17(2)10-11/h3-6,8-10H,7H2,1-2H3. The molecule has 0 atom stereocenters. The molecule has 2 rings (SSSR count). The lowest BCUT2D eigenvalue weighted by atomic mass is 10.4. The molecule has 0 radical (unpaired) electrons. The molecule has 0 aliphatic carbocycles. The van der Waals surface area contributed by atoms with Crippen LogP contribution in [0.3, 0.4) is 0 Å². The Bertz CT molecular complexity index is 640. The fraction of sp³-hybridized carbons (Fsp3) is 0.214. The van der Waals surface area contributed by atoms with E-state index < -0.39 is 0 Å². The third-order valence-electron chi connectivity index (χ3n) is 2.41. The average molecular weight is 289 g/mol. The Kier molecular flexibility index (Phi) is 4.84. The monoisotopic (exact) mass is 289 g/mol. The van der Waals surface area contributed by atoms with Crippen LogP contribution in [0.2, 0.25) is 0 Å². The van der Waals surface area contributed by atoms with E-state index in [1.165, 1.54) is 17.5 Å². The first-order valence-electron chi connectivity index (χ1n) is 6.10. The van der Waals surface area contributed by atoms with Gasteiger partial charge in [0.25, 0.3) is 0 Å². The van der Waals surface area contributed by atoms with Gasteiger partial charge in [-0.1, -0.05) is 18.2 Å². The summed E-state index contributed by atoms with van der Waals surface area (Å²) in [4.78, 5) is 16.5. The van der Waals surface area contributed by atoms with E-state index in [-0.39, 0.29) is 12.6 Å². The number of carbonyl (C=O) groups excluding carboxylic acids is 1. The van der Waals surface area contributed by atoms with Gasteiger partial charge in [0.2, 0.25) is 0 Å². The van der Waals surface area contributed by atoms with Gasteiger partial charge in [-0.15, -0.1) is 11.3 Å². The highest BCUT2D eigenvalue weighted by molar-refractivity contribution is 7.16. The molecule has 0 fully saturated rings. The van der Waals surface area contributed by atoms with Gasteiger partial charge in [-0.05, 0) is 13.0 Å². The van der Waals surface area contributed by atoms with Gasteiger partial charge in [0.05, 0.1) is 12.4 Å². The van der Waals surface area contributed by atoms with Crippen LogP contribution in [0.4, 0.5) is 0 Å². The van der Waals surface area contributed by atoms with E-state index in [4.69, 9.17) is 4.74 Å². The van der Waals surface area contributed by atoms with Gasteiger partial charge < -0.3 is 4.74 Å². The molecule has 0 bridgehead atoms. The van der Waals surface area contributed by atoms with Crippen molar-refractivity contribution in [3.8, 4) is 10.6 Å². The lowest BCUT2D eigenvalue weighted by molar-refractivity contribution is 0.0555. The van der Waals surface area contributed by atoms with Crippen LogP contribution in [0, 0.1) is 0 Å². The number of rotatable bonds is 5. The van der Waals surface area contributed by atoms with E-state index in [1.54, 1.807) is 17.0 Å². The molecular formula is C14H15N3O2S. The number of ether oxygens (including phenoxy) is 1. The summed E-state index contributed by atoms with van der Waals surface area (Å²) in [5, 5.41) is 4.84. The van der Waals surface area contributed by atoms with E-state index >= 15 is 0 Å². The zero-order valence-electron chi connectivity index (χ0n) is 11.3. The molecule has 0 N–H and O–H groups in total. The minimum Gasteiger partial charge on any atom is -0.457 e. The molecule has 20 heavy (non-hydrogen) atoms. The lowest BCUT2D eigenvalue weighted by Gasteiger charge is -1.97. The Hall–Kier alpha value is -2.21. The van der Waals surface area contributed by atoms with Gasteiger partial charge in [-0.25, -0.2) is 9.78 Å². The summed E-state index contributed by atoms with van der Waals surface area (Å²) < 4.78 is 6.81. The number of aryl methyl sites for hydroxylation is 1. The van der Waals surface area contributed by atoms with Crippen molar-refractivity contribution in [1.82, 2.24) is 14.8 Å². The number of hydrogen-bond acceptors (Lipinski definition) is 5. The number of thiazole rings is 1. The fourth-order valence-corrected chi connectivity index (χ4v) is 2.26. The van der Waals surface area contributed by atoms with Crippen molar-refractivity contribution in [3.05, 3.63) is 47.8 Å². The molecule has 0 aliphatic heterocycles. The van der Waals surface area contributed by atoms with E-state index in [0.29, 0.717) is 4.88 Å². The van der Waals surface area contributed by atoms with Crippen LogP contribution in [0.15, 0.2) is 42.9 Å². The summed E-state index contributed by atoms with van der Waals surface area (Å²) in [5.74, 6) is -0.359. The van der Waals surface area contributed by atoms with E-state index in [1.807, 2.05) is 38.4 Å². The second-order valence-electron chi connectivity index (χ2n) is 3.98. The van der Waals surface area contributed by atoms with Crippen molar-refractivity contribution >= 4 is 17.3 Å². The zero-order valence-corrected chi connectivity index (χ0v) is 12.1. The maximum atomic E-state index is 11.8. The third kappa shape index (κ3) is 3.64. The smallest absolute Gasteiger partial charge is 0.350 e. The molecule has 0 aliphatic rings. The predicted octanol–water partition coefficient (Wildman–Crippen LogP) is 2.83. The van der Waals surface area contributed by atoms with Crippen LogP contribution in [-0.2, 0) is 11.8 Å². The minimum atomic E-state index is -0.359. The van der Waals surface area contributed by atoms with Crippen LogP contribution in [0.25, 0.3) is 10.6 Å². The highest BCUT2D eigenvalue weighted by atomic mass is 32.1. The molecule has 0 saturated heterocycles. The maximum Gasteiger partial charge on any atom is 0.350 e. The number of aromatic nitrogens is 3. The van der Waals surface area contributed by atoms with Crippen molar-refractivity contribution in [2.45, 2.75) is 6.92 Å². The van der Waals surface area contributed by atoms with Crippen LogP contribution in [-0.4, -0.2) is 27.3 Å². The number of nitrogens with zero attached hydrogens (tertiary/aromatic N) is 3. The molecule has 2 heterocycles. The molecule has 0 aromatic carbocycles. The van der Waals surface area contributed by atoms with Crippen molar-refractivity contribution in [3.63, 3.8) is 0 Å². The second kappa shape index (κ2) is 6.81. The molecule has 2 aromatic heterocycles. The number of hydrogen-bond donors (Lipinski definition) is 0. The molecule has 104 valence electrons. The first-order valence-corrected chi connectivity index (χ1v) is 6.92. The van der Waals surface area contributed by atoms with Gasteiger partial charge in [0.15, 0.2) is 0 Å². The Balaban J connectivity index is 1.96. The van der Waals surface area contributed by atoms with Crippen LogP contribution in [0.1, 0.15) is 16.6 Å². The molecule has 0 spiro atoms. The molecular weight excluding hydrogens is 274 g/mol. The normalized spacial score (nSPS) is 11.5. The van der Waals surface area contributed by atoms with Gasteiger partial charge in [-0.2, -0.15) is 5.10 Å². The minimum absolute atomic E-state index is 0.253. The summed E-state index contributed by atoms with van der Waals surface area (Å²) in [7, 11) is 1.84. The van der Waals surface area contributed by atoms with E-state index in [9.17, 15) is 4.79 Å². The molecule has 0 amide bonds. The van der Waals surface area contributed by atoms with Crippen LogP contribution in [0.5, 0.6) is 0 Å². The average Bonchev–Trinajstić information content (AvgIpc) is 3.06. The van der Waals surface area contributed by atoms with Gasteiger partial charge in [-0.3, -0.25) is 4.68 Å². The number of esters is 1. The highest BCUT2D eigenvalue weighted by Gasteiger charge is 2.13. The SMILES string of the molecule is CC=CC=CCOC(=O)c1cnc(-c2cnn(C)c2)s1. The van der Waals surface area contributed by atoms with Crippen LogP contribution >= 0.6 is 11.3 Å². The molecule has 0 saturated carbocycles. The summed E-state index contributed by atoms with van der Waals surface area (Å²) in [6.45, 7) is 2.18. The van der Waals surface area contributed by atoms with Crippen molar-refractivity contribution in [1.29, 1.82) is 0 Å². The van der Waals surface area contributed by atoms with Crippen LogP contribution < -0.4 is 0 Å². The highest BCUT2D eigenvalue weighted by Crippen LogP contribution is 2.24. The lowest BCUT2D eigenvalue weighted by Crippen LogP contribution is -2.02. The van der Waals surface area contributed by atoms with E-state index in [2.05, 4.69) is 10.1 Å². The Morgan fingerprint density at radius 2 is 2.30 bits per heavy atom. The van der Waals surface area contributed by atoms with Crippen molar-refractivity contribution in [2.75, 3.05) is 6.61 Å². The summed E-state index contributed by atoms with van der Waals surface area (Å²) in [6, 6.07) is 0. The van der Waals surface area contributed by atoms with Gasteiger partial charge in [0.1, 0.15) is 16.5 Å². The zero-order chi connectivity index (χ0) is 14.4. The third-order valence-corrected chi connectivity index (χ3v) is 3.44. The van der Waals surface area contributed by atoms with Crippen molar-refractivity contribution in [2.24, 2.45) is 7.05 Å². The molecule has 0 unspecified atom stereocenters. The molecule has 2 aromatic rings. The second-order valence-corrected chi connectivity index (χ2v) is 5.02. The summed E-state index contributed by atoms with van der Waals surface area (Å²) >= 11 is 1.30. The topological polar surface area (TPSA) is 57.0 Å².